The Morgan fingerprint density at radius 1 is 1.18 bits per heavy atom. The molecule has 8 heteroatoms. The molecule has 0 fully saturated rings. The van der Waals surface area contributed by atoms with E-state index in [-0.39, 0.29) is 15.7 Å². The number of benzene rings is 1. The molecule has 0 aliphatic carbocycles. The predicted molar refractivity (Wildman–Crippen MR) is 84.6 cm³/mol. The molecule has 0 bridgehead atoms. The van der Waals surface area contributed by atoms with Crippen LogP contribution in [0.15, 0.2) is 36.5 Å². The number of ether oxygens (including phenoxy) is 1. The van der Waals surface area contributed by atoms with Gasteiger partial charge in [0.15, 0.2) is 6.61 Å². The van der Waals surface area contributed by atoms with Crippen molar-refractivity contribution in [1.82, 2.24) is 4.98 Å². The van der Waals surface area contributed by atoms with E-state index in [2.05, 4.69) is 10.3 Å². The van der Waals surface area contributed by atoms with E-state index in [1.165, 1.54) is 24.4 Å². The minimum atomic E-state index is -0.740. The zero-order valence-corrected chi connectivity index (χ0v) is 13.2. The third-order valence-corrected chi connectivity index (χ3v) is 3.37. The standard InChI is InChI=1S/C14H9Cl3N2O3/c15-8-3-4-11(10(16)6-8)19-12(20)7-22-14(21)9-2-1-5-18-13(9)17/h1-6H,7H2,(H,19,20). The Bertz CT molecular complexity index is 722. The van der Waals surface area contributed by atoms with Gasteiger partial charge in [-0.3, -0.25) is 4.79 Å². The van der Waals surface area contributed by atoms with Gasteiger partial charge in [0.05, 0.1) is 16.3 Å². The number of carbonyl (C=O) groups excluding carboxylic acids is 2. The molecule has 2 rings (SSSR count). The number of aromatic nitrogens is 1. The van der Waals surface area contributed by atoms with Crippen LogP contribution < -0.4 is 5.32 Å². The van der Waals surface area contributed by atoms with Crippen LogP contribution in [0.1, 0.15) is 10.4 Å². The average molecular weight is 360 g/mol. The predicted octanol–water partition coefficient (Wildman–Crippen LogP) is 3.84. The molecule has 1 aromatic heterocycles. The highest BCUT2D eigenvalue weighted by Crippen LogP contribution is 2.25. The van der Waals surface area contributed by atoms with Gasteiger partial charge >= 0.3 is 5.97 Å². The van der Waals surface area contributed by atoms with Gasteiger partial charge in [0.1, 0.15) is 5.15 Å². The maximum atomic E-state index is 11.8. The van der Waals surface area contributed by atoms with Crippen molar-refractivity contribution in [2.45, 2.75) is 0 Å². The SMILES string of the molecule is O=C(COC(=O)c1cccnc1Cl)Nc1ccc(Cl)cc1Cl. The van der Waals surface area contributed by atoms with E-state index < -0.39 is 18.5 Å². The molecule has 1 heterocycles. The molecule has 0 aliphatic heterocycles. The number of hydrogen-bond acceptors (Lipinski definition) is 4. The van der Waals surface area contributed by atoms with Gasteiger partial charge in [-0.05, 0) is 30.3 Å². The number of amides is 1. The van der Waals surface area contributed by atoms with Crippen molar-refractivity contribution >= 4 is 52.4 Å². The van der Waals surface area contributed by atoms with Gasteiger partial charge in [0.25, 0.3) is 5.91 Å². The first kappa shape index (κ1) is 16.5. The number of hydrogen-bond donors (Lipinski definition) is 1. The van der Waals surface area contributed by atoms with Gasteiger partial charge in [0, 0.05) is 11.2 Å². The molecule has 1 aromatic carbocycles. The van der Waals surface area contributed by atoms with Gasteiger partial charge in [0.2, 0.25) is 0 Å². The Labute approximate surface area is 141 Å². The number of rotatable bonds is 4. The third kappa shape index (κ3) is 4.34. The molecule has 0 atom stereocenters. The largest absolute Gasteiger partial charge is 0.452 e. The highest BCUT2D eigenvalue weighted by molar-refractivity contribution is 6.36. The van der Waals surface area contributed by atoms with Gasteiger partial charge in [-0.1, -0.05) is 34.8 Å². The maximum absolute atomic E-state index is 11.8. The van der Waals surface area contributed by atoms with E-state index in [1.54, 1.807) is 12.1 Å². The molecule has 0 aliphatic rings. The number of nitrogens with zero attached hydrogens (tertiary/aromatic N) is 1. The summed E-state index contributed by atoms with van der Waals surface area (Å²) in [5, 5.41) is 3.24. The fraction of sp³-hybridized carbons (Fsp3) is 0.0714. The van der Waals surface area contributed by atoms with E-state index in [1.807, 2.05) is 0 Å². The summed E-state index contributed by atoms with van der Waals surface area (Å²) in [4.78, 5) is 27.3. The van der Waals surface area contributed by atoms with Crippen molar-refractivity contribution in [3.05, 3.63) is 57.3 Å². The quantitative estimate of drug-likeness (QED) is 0.665. The summed E-state index contributed by atoms with van der Waals surface area (Å²) in [5.41, 5.74) is 0.452. The second kappa shape index (κ2) is 7.45. The van der Waals surface area contributed by atoms with E-state index >= 15 is 0 Å². The number of esters is 1. The Hall–Kier alpha value is -1.82. The topological polar surface area (TPSA) is 68.3 Å². The van der Waals surface area contributed by atoms with Crippen molar-refractivity contribution in [2.75, 3.05) is 11.9 Å². The Kier molecular flexibility index (Phi) is 5.60. The molecule has 1 amide bonds. The minimum Gasteiger partial charge on any atom is -0.452 e. The molecular weight excluding hydrogens is 351 g/mol. The van der Waals surface area contributed by atoms with Gasteiger partial charge in [-0.2, -0.15) is 0 Å². The molecule has 0 saturated heterocycles. The monoisotopic (exact) mass is 358 g/mol. The van der Waals surface area contributed by atoms with Gasteiger partial charge in [-0.15, -0.1) is 0 Å². The molecule has 0 unspecified atom stereocenters. The van der Waals surface area contributed by atoms with Crippen molar-refractivity contribution < 1.29 is 14.3 Å². The smallest absolute Gasteiger partial charge is 0.341 e. The van der Waals surface area contributed by atoms with Crippen LogP contribution in [0, 0.1) is 0 Å². The normalized spacial score (nSPS) is 10.1. The van der Waals surface area contributed by atoms with Crippen LogP contribution >= 0.6 is 34.8 Å². The second-order valence-corrected chi connectivity index (χ2v) is 5.29. The van der Waals surface area contributed by atoms with Gasteiger partial charge in [-0.25, -0.2) is 9.78 Å². The molecule has 114 valence electrons. The zero-order valence-electron chi connectivity index (χ0n) is 11.0. The van der Waals surface area contributed by atoms with Crippen LogP contribution in [0.25, 0.3) is 0 Å². The Morgan fingerprint density at radius 3 is 2.64 bits per heavy atom. The van der Waals surface area contributed by atoms with E-state index in [0.29, 0.717) is 10.7 Å². The first-order valence-electron chi connectivity index (χ1n) is 6.00. The van der Waals surface area contributed by atoms with Crippen LogP contribution in [0.3, 0.4) is 0 Å². The molecule has 0 saturated carbocycles. The lowest BCUT2D eigenvalue weighted by Crippen LogP contribution is -2.21. The second-order valence-electron chi connectivity index (χ2n) is 4.09. The Morgan fingerprint density at radius 2 is 1.95 bits per heavy atom. The average Bonchev–Trinajstić information content (AvgIpc) is 2.48. The zero-order chi connectivity index (χ0) is 16.1. The summed E-state index contributed by atoms with van der Waals surface area (Å²) in [6, 6.07) is 7.59. The summed E-state index contributed by atoms with van der Waals surface area (Å²) in [6.07, 6.45) is 1.44. The summed E-state index contributed by atoms with van der Waals surface area (Å²) < 4.78 is 4.86. The van der Waals surface area contributed by atoms with Crippen molar-refractivity contribution in [3.63, 3.8) is 0 Å². The lowest BCUT2D eigenvalue weighted by molar-refractivity contribution is -0.119. The van der Waals surface area contributed by atoms with Crippen LogP contribution in [0.5, 0.6) is 0 Å². The molecule has 2 aromatic rings. The fourth-order valence-corrected chi connectivity index (χ4v) is 2.18. The van der Waals surface area contributed by atoms with Gasteiger partial charge < -0.3 is 10.1 Å². The highest BCUT2D eigenvalue weighted by Gasteiger charge is 2.14. The molecular formula is C14H9Cl3N2O3. The summed E-state index contributed by atoms with van der Waals surface area (Å²) in [5.74, 6) is -1.28. The molecule has 5 nitrogen and oxygen atoms in total. The summed E-state index contributed by atoms with van der Waals surface area (Å²) >= 11 is 17.4. The number of pyridine rings is 1. The lowest BCUT2D eigenvalue weighted by Gasteiger charge is -2.08. The lowest BCUT2D eigenvalue weighted by atomic mass is 10.3. The first-order valence-corrected chi connectivity index (χ1v) is 7.13. The third-order valence-electron chi connectivity index (χ3n) is 2.52. The molecule has 1 N–H and O–H groups in total. The number of nitrogens with one attached hydrogen (secondary N) is 1. The number of halogens is 3. The summed E-state index contributed by atoms with van der Waals surface area (Å²) in [6.45, 7) is -0.483. The minimum absolute atomic E-state index is 0.00801. The van der Waals surface area contributed by atoms with Crippen LogP contribution in [-0.2, 0) is 9.53 Å². The Balaban J connectivity index is 1.93. The number of carbonyl (C=O) groups is 2. The highest BCUT2D eigenvalue weighted by atomic mass is 35.5. The van der Waals surface area contributed by atoms with Crippen LogP contribution in [0.4, 0.5) is 5.69 Å². The van der Waals surface area contributed by atoms with E-state index in [9.17, 15) is 9.59 Å². The number of anilines is 1. The fourth-order valence-electron chi connectivity index (χ4n) is 1.52. The van der Waals surface area contributed by atoms with Crippen LogP contribution in [0.2, 0.25) is 15.2 Å². The van der Waals surface area contributed by atoms with Crippen molar-refractivity contribution in [2.24, 2.45) is 0 Å². The summed E-state index contributed by atoms with van der Waals surface area (Å²) in [7, 11) is 0. The maximum Gasteiger partial charge on any atom is 0.341 e. The molecule has 22 heavy (non-hydrogen) atoms. The molecule has 0 spiro atoms. The van der Waals surface area contributed by atoms with Crippen molar-refractivity contribution in [1.29, 1.82) is 0 Å². The van der Waals surface area contributed by atoms with Crippen LogP contribution in [-0.4, -0.2) is 23.5 Å². The van der Waals surface area contributed by atoms with E-state index in [0.717, 1.165) is 0 Å². The first-order chi connectivity index (χ1) is 10.5. The van der Waals surface area contributed by atoms with Crippen molar-refractivity contribution in [3.8, 4) is 0 Å². The van der Waals surface area contributed by atoms with E-state index in [4.69, 9.17) is 39.5 Å². The molecule has 0 radical (unpaired) electrons.